The number of fused-ring (bicyclic) bond motifs is 1. The third-order valence-electron chi connectivity index (χ3n) is 5.26. The number of hydrogen-bond donors (Lipinski definition) is 1. The number of nitrogens with one attached hydrogen (secondary N) is 1. The van der Waals surface area contributed by atoms with Crippen molar-refractivity contribution in [3.05, 3.63) is 52.0 Å². The minimum Gasteiger partial charge on any atom is -0.629 e. The first-order valence-corrected chi connectivity index (χ1v) is 10.7. The van der Waals surface area contributed by atoms with Gasteiger partial charge in [0.25, 0.3) is 0 Å². The molecule has 0 bridgehead atoms. The summed E-state index contributed by atoms with van der Waals surface area (Å²) in [6, 6.07) is 5.11. The summed E-state index contributed by atoms with van der Waals surface area (Å²) in [5, 5.41) is 22.6. The van der Waals surface area contributed by atoms with Gasteiger partial charge >= 0.3 is 12.1 Å². The molecule has 1 aliphatic rings. The minimum atomic E-state index is -5.66. The molecule has 0 fully saturated rings. The van der Waals surface area contributed by atoms with Crippen molar-refractivity contribution in [2.45, 2.75) is 39.4 Å². The smallest absolute Gasteiger partial charge is 0.455 e. The summed E-state index contributed by atoms with van der Waals surface area (Å²) < 4.78 is 65.5. The lowest BCUT2D eigenvalue weighted by Gasteiger charge is -2.33. The van der Waals surface area contributed by atoms with E-state index in [2.05, 4.69) is 11.1 Å². The molecule has 2 aromatic heterocycles. The highest BCUT2D eigenvalue weighted by Gasteiger charge is 2.57. The molecule has 0 radical (unpaired) electrons. The molecule has 11 heteroatoms. The molecule has 0 saturated carbocycles. The van der Waals surface area contributed by atoms with Crippen molar-refractivity contribution in [2.75, 3.05) is 12.3 Å². The molecular weight excluding hydrogens is 451 g/mol. The Morgan fingerprint density at radius 1 is 1.28 bits per heavy atom. The Morgan fingerprint density at radius 3 is 2.56 bits per heavy atom. The maximum atomic E-state index is 13.5. The molecular formula is C21H21F5N4OS. The standard InChI is InChI=1S/C21H21F5N4OS/c1-4-32-17-8-14(19(2,3)11-27)10-30(31)18(17)15-7-13-5-6-29(16(13)9-28-15)12-20(22,23)21(24,25)26/h5-9,30H,4,10,12H2,1-3H3. The van der Waals surface area contributed by atoms with Crippen LogP contribution in [0.25, 0.3) is 16.6 Å². The second-order valence-electron chi connectivity index (χ2n) is 7.95. The van der Waals surface area contributed by atoms with Gasteiger partial charge in [-0.05, 0) is 37.8 Å². The largest absolute Gasteiger partial charge is 0.629 e. The number of allylic oxidation sites excluding steroid dienone is 1. The third-order valence-corrected chi connectivity index (χ3v) is 6.18. The topological polar surface area (TPSA) is 69.1 Å². The summed E-state index contributed by atoms with van der Waals surface area (Å²) in [6.45, 7) is 3.86. The second kappa shape index (κ2) is 8.50. The SMILES string of the molecule is CCSC1=C(c2cc3ccn(CC(F)(F)C(F)(F)F)c3cn2)[NH+]([O-])CC(C(C)(C)C#N)=C1. The van der Waals surface area contributed by atoms with E-state index in [1.807, 2.05) is 13.0 Å². The molecule has 0 spiro atoms. The van der Waals surface area contributed by atoms with Crippen LogP contribution in [-0.2, 0) is 6.54 Å². The third kappa shape index (κ3) is 4.53. The number of nitriles is 1. The Morgan fingerprint density at radius 2 is 1.97 bits per heavy atom. The van der Waals surface area contributed by atoms with Crippen molar-refractivity contribution in [3.8, 4) is 6.07 Å². The number of halogens is 5. The summed E-state index contributed by atoms with van der Waals surface area (Å²) in [7, 11) is 0. The van der Waals surface area contributed by atoms with E-state index in [0.717, 1.165) is 10.8 Å². The number of pyridine rings is 1. The molecule has 3 heterocycles. The van der Waals surface area contributed by atoms with Crippen molar-refractivity contribution in [3.63, 3.8) is 0 Å². The molecule has 3 rings (SSSR count). The van der Waals surface area contributed by atoms with E-state index in [-0.39, 0.29) is 17.1 Å². The molecule has 1 unspecified atom stereocenters. The first-order chi connectivity index (χ1) is 14.8. The highest BCUT2D eigenvalue weighted by Crippen LogP contribution is 2.38. The zero-order chi connectivity index (χ0) is 23.9. The molecule has 172 valence electrons. The molecule has 32 heavy (non-hydrogen) atoms. The fourth-order valence-corrected chi connectivity index (χ4v) is 4.26. The fourth-order valence-electron chi connectivity index (χ4n) is 3.36. The Kier molecular flexibility index (Phi) is 6.43. The summed E-state index contributed by atoms with van der Waals surface area (Å²) in [5.41, 5.74) is 0.631. The maximum absolute atomic E-state index is 13.5. The van der Waals surface area contributed by atoms with E-state index in [1.54, 1.807) is 13.8 Å². The highest BCUT2D eigenvalue weighted by molar-refractivity contribution is 8.03. The first-order valence-electron chi connectivity index (χ1n) is 9.73. The van der Waals surface area contributed by atoms with Crippen LogP contribution in [0.15, 0.2) is 41.1 Å². The van der Waals surface area contributed by atoms with E-state index in [1.165, 1.54) is 30.1 Å². The number of nitrogens with zero attached hydrogens (tertiary/aromatic N) is 3. The number of thioether (sulfide) groups is 1. The fraction of sp³-hybridized carbons (Fsp3) is 0.429. The maximum Gasteiger partial charge on any atom is 0.455 e. The van der Waals surface area contributed by atoms with Crippen LogP contribution in [0.4, 0.5) is 22.0 Å². The molecule has 1 aliphatic heterocycles. The number of hydroxylamine groups is 2. The van der Waals surface area contributed by atoms with E-state index in [0.29, 0.717) is 33.0 Å². The summed E-state index contributed by atoms with van der Waals surface area (Å²) in [6.07, 6.45) is -1.51. The molecule has 1 atom stereocenters. The Balaban J connectivity index is 2.05. The van der Waals surface area contributed by atoms with Gasteiger partial charge in [-0.2, -0.15) is 27.2 Å². The van der Waals surface area contributed by atoms with Crippen LogP contribution in [0.3, 0.4) is 0 Å². The van der Waals surface area contributed by atoms with Crippen LogP contribution in [0.2, 0.25) is 0 Å². The van der Waals surface area contributed by atoms with Crippen molar-refractivity contribution in [1.29, 1.82) is 5.26 Å². The van der Waals surface area contributed by atoms with Crippen LogP contribution in [0.5, 0.6) is 0 Å². The predicted molar refractivity (Wildman–Crippen MR) is 112 cm³/mol. The first kappa shape index (κ1) is 24.2. The molecule has 1 N–H and O–H groups in total. The number of aromatic nitrogens is 2. The van der Waals surface area contributed by atoms with E-state index in [9.17, 15) is 32.4 Å². The van der Waals surface area contributed by atoms with Crippen LogP contribution < -0.4 is 5.06 Å². The summed E-state index contributed by atoms with van der Waals surface area (Å²) >= 11 is 1.41. The minimum absolute atomic E-state index is 0.0439. The summed E-state index contributed by atoms with van der Waals surface area (Å²) in [4.78, 5) is 4.86. The van der Waals surface area contributed by atoms with Gasteiger partial charge in [0.1, 0.15) is 12.2 Å². The monoisotopic (exact) mass is 472 g/mol. The Labute approximate surface area is 185 Å². The van der Waals surface area contributed by atoms with Crippen molar-refractivity contribution in [1.82, 2.24) is 9.55 Å². The average Bonchev–Trinajstić information content (AvgIpc) is 3.08. The van der Waals surface area contributed by atoms with Crippen LogP contribution in [0, 0.1) is 22.0 Å². The van der Waals surface area contributed by atoms with Gasteiger partial charge in [0.15, 0.2) is 5.70 Å². The Bertz CT molecular complexity index is 1130. The molecule has 2 aromatic rings. The number of rotatable bonds is 6. The molecule has 0 amide bonds. The number of alkyl halides is 5. The van der Waals surface area contributed by atoms with Gasteiger partial charge in [-0.25, -0.2) is 4.98 Å². The summed E-state index contributed by atoms with van der Waals surface area (Å²) in [5.74, 6) is -4.23. The van der Waals surface area contributed by atoms with E-state index in [4.69, 9.17) is 0 Å². The lowest BCUT2D eigenvalue weighted by Crippen LogP contribution is -3.05. The average molecular weight is 472 g/mol. The van der Waals surface area contributed by atoms with Crippen LogP contribution >= 0.6 is 11.8 Å². The van der Waals surface area contributed by atoms with Gasteiger partial charge in [0.05, 0.1) is 34.6 Å². The normalized spacial score (nSPS) is 18.1. The van der Waals surface area contributed by atoms with Crippen LogP contribution in [0.1, 0.15) is 26.5 Å². The van der Waals surface area contributed by atoms with E-state index < -0.39 is 24.1 Å². The van der Waals surface area contributed by atoms with Crippen molar-refractivity contribution < 1.29 is 27.0 Å². The second-order valence-corrected chi connectivity index (χ2v) is 9.26. The zero-order valence-electron chi connectivity index (χ0n) is 17.6. The Hall–Kier alpha value is -2.42. The van der Waals surface area contributed by atoms with Crippen LogP contribution in [-0.4, -0.2) is 33.9 Å². The van der Waals surface area contributed by atoms with E-state index >= 15 is 0 Å². The molecule has 0 saturated heterocycles. The van der Waals surface area contributed by atoms with Gasteiger partial charge in [-0.15, -0.1) is 11.8 Å². The van der Waals surface area contributed by atoms with Crippen molar-refractivity contribution in [2.24, 2.45) is 5.41 Å². The predicted octanol–water partition coefficient (Wildman–Crippen LogP) is 4.53. The van der Waals surface area contributed by atoms with Gasteiger partial charge in [0.2, 0.25) is 0 Å². The quantitative estimate of drug-likeness (QED) is 0.496. The molecule has 0 aromatic carbocycles. The zero-order valence-corrected chi connectivity index (χ0v) is 18.4. The molecule has 5 nitrogen and oxygen atoms in total. The lowest BCUT2D eigenvalue weighted by molar-refractivity contribution is -0.764. The highest BCUT2D eigenvalue weighted by atomic mass is 32.2. The lowest BCUT2D eigenvalue weighted by atomic mass is 9.84. The number of hydrogen-bond acceptors (Lipinski definition) is 4. The molecule has 0 aliphatic carbocycles. The van der Waals surface area contributed by atoms with Gasteiger partial charge in [-0.3, -0.25) is 0 Å². The van der Waals surface area contributed by atoms with Gasteiger partial charge < -0.3 is 14.8 Å². The van der Waals surface area contributed by atoms with Gasteiger partial charge in [-0.1, -0.05) is 6.92 Å². The number of quaternary nitrogens is 1. The van der Waals surface area contributed by atoms with Gasteiger partial charge in [0, 0.05) is 17.2 Å². The van der Waals surface area contributed by atoms with Crippen molar-refractivity contribution >= 4 is 28.4 Å².